The molecule has 0 bridgehead atoms. The van der Waals surface area contributed by atoms with Gasteiger partial charge in [-0.3, -0.25) is 9.69 Å². The van der Waals surface area contributed by atoms with Gasteiger partial charge in [-0.05, 0) is 81.0 Å². The molecule has 4 rings (SSSR count). The second-order valence-electron chi connectivity index (χ2n) is 7.70. The number of anilines is 1. The Hall–Kier alpha value is -2.24. The van der Waals surface area contributed by atoms with Gasteiger partial charge >= 0.3 is 0 Å². The van der Waals surface area contributed by atoms with E-state index in [1.54, 1.807) is 11.3 Å². The number of carbonyl (C=O) groups is 1. The van der Waals surface area contributed by atoms with Gasteiger partial charge in [0.2, 0.25) is 0 Å². The first kappa shape index (κ1) is 19.1. The highest BCUT2D eigenvalue weighted by molar-refractivity contribution is 7.22. The molecule has 0 saturated carbocycles. The SMILES string of the molecule is Cc1ccc(C(=O)N(CC2CCCO2)c2nc3c(C)c(C)ccc3s2)cc1C. The molecule has 0 aliphatic carbocycles. The lowest BCUT2D eigenvalue weighted by molar-refractivity contribution is 0.0917. The van der Waals surface area contributed by atoms with Crippen molar-refractivity contribution in [2.75, 3.05) is 18.1 Å². The third kappa shape index (κ3) is 3.56. The Morgan fingerprint density at radius 2 is 1.93 bits per heavy atom. The van der Waals surface area contributed by atoms with Crippen LogP contribution in [0.25, 0.3) is 10.2 Å². The molecule has 0 spiro atoms. The first-order valence-electron chi connectivity index (χ1n) is 9.81. The summed E-state index contributed by atoms with van der Waals surface area (Å²) in [5.41, 5.74) is 6.40. The Bertz CT molecular complexity index is 1030. The van der Waals surface area contributed by atoms with Crippen molar-refractivity contribution in [1.82, 2.24) is 4.98 Å². The van der Waals surface area contributed by atoms with Crippen LogP contribution in [-0.2, 0) is 4.74 Å². The maximum absolute atomic E-state index is 13.5. The van der Waals surface area contributed by atoms with Gasteiger partial charge in [-0.15, -0.1) is 0 Å². The van der Waals surface area contributed by atoms with Gasteiger partial charge in [-0.1, -0.05) is 23.5 Å². The highest BCUT2D eigenvalue weighted by Crippen LogP contribution is 2.33. The lowest BCUT2D eigenvalue weighted by atomic mass is 10.1. The molecule has 1 fully saturated rings. The first-order chi connectivity index (χ1) is 13.4. The van der Waals surface area contributed by atoms with Crippen LogP contribution in [-0.4, -0.2) is 30.1 Å². The molecular weight excluding hydrogens is 368 g/mol. The van der Waals surface area contributed by atoms with Crippen LogP contribution in [0.2, 0.25) is 0 Å². The minimum absolute atomic E-state index is 0.00738. The second kappa shape index (κ2) is 7.64. The summed E-state index contributed by atoms with van der Waals surface area (Å²) in [6, 6.07) is 10.1. The van der Waals surface area contributed by atoms with Gasteiger partial charge in [-0.25, -0.2) is 4.98 Å². The minimum Gasteiger partial charge on any atom is -0.376 e. The lowest BCUT2D eigenvalue weighted by Gasteiger charge is -2.23. The van der Waals surface area contributed by atoms with Gasteiger partial charge in [-0.2, -0.15) is 0 Å². The predicted molar refractivity (Wildman–Crippen MR) is 116 cm³/mol. The van der Waals surface area contributed by atoms with E-state index in [4.69, 9.17) is 9.72 Å². The van der Waals surface area contributed by atoms with E-state index in [1.807, 2.05) is 30.0 Å². The normalized spacial score (nSPS) is 16.6. The molecule has 28 heavy (non-hydrogen) atoms. The molecule has 4 nitrogen and oxygen atoms in total. The number of aromatic nitrogens is 1. The summed E-state index contributed by atoms with van der Waals surface area (Å²) in [6.45, 7) is 9.61. The molecule has 1 aliphatic rings. The number of amides is 1. The Labute approximate surface area is 170 Å². The van der Waals surface area contributed by atoms with E-state index in [0.717, 1.165) is 40.4 Å². The largest absolute Gasteiger partial charge is 0.376 e. The van der Waals surface area contributed by atoms with Gasteiger partial charge in [0.1, 0.15) is 0 Å². The van der Waals surface area contributed by atoms with Gasteiger partial charge in [0.25, 0.3) is 5.91 Å². The van der Waals surface area contributed by atoms with Crippen LogP contribution in [0.3, 0.4) is 0 Å². The van der Waals surface area contributed by atoms with E-state index in [2.05, 4.69) is 32.9 Å². The molecule has 146 valence electrons. The van der Waals surface area contributed by atoms with Crippen LogP contribution in [0, 0.1) is 27.7 Å². The quantitative estimate of drug-likeness (QED) is 0.598. The number of ether oxygens (including phenoxy) is 1. The molecule has 1 saturated heterocycles. The molecule has 2 heterocycles. The van der Waals surface area contributed by atoms with Crippen LogP contribution in [0.1, 0.15) is 45.5 Å². The van der Waals surface area contributed by atoms with E-state index >= 15 is 0 Å². The number of nitrogens with zero attached hydrogens (tertiary/aromatic N) is 2. The van der Waals surface area contributed by atoms with E-state index in [-0.39, 0.29) is 12.0 Å². The molecule has 1 atom stereocenters. The van der Waals surface area contributed by atoms with Crippen molar-refractivity contribution in [3.8, 4) is 0 Å². The molecule has 0 radical (unpaired) electrons. The molecule has 2 aromatic carbocycles. The average Bonchev–Trinajstić information content (AvgIpc) is 3.34. The number of fused-ring (bicyclic) bond motifs is 1. The van der Waals surface area contributed by atoms with Crippen molar-refractivity contribution in [3.05, 3.63) is 58.1 Å². The smallest absolute Gasteiger partial charge is 0.260 e. The van der Waals surface area contributed by atoms with Gasteiger partial charge in [0.15, 0.2) is 5.13 Å². The summed E-state index contributed by atoms with van der Waals surface area (Å²) in [7, 11) is 0. The highest BCUT2D eigenvalue weighted by Gasteiger charge is 2.27. The number of aryl methyl sites for hydroxylation is 4. The zero-order valence-electron chi connectivity index (χ0n) is 16.9. The van der Waals surface area contributed by atoms with Crippen molar-refractivity contribution < 1.29 is 9.53 Å². The number of hydrogen-bond acceptors (Lipinski definition) is 4. The molecule has 1 amide bonds. The summed E-state index contributed by atoms with van der Waals surface area (Å²) in [4.78, 5) is 20.2. The maximum Gasteiger partial charge on any atom is 0.260 e. The number of hydrogen-bond donors (Lipinski definition) is 0. The van der Waals surface area contributed by atoms with E-state index in [0.29, 0.717) is 12.1 Å². The van der Waals surface area contributed by atoms with Crippen molar-refractivity contribution in [2.24, 2.45) is 0 Å². The lowest BCUT2D eigenvalue weighted by Crippen LogP contribution is -2.37. The molecule has 1 aromatic heterocycles. The Balaban J connectivity index is 1.75. The fraction of sp³-hybridized carbons (Fsp3) is 0.391. The number of thiazole rings is 1. The third-order valence-corrected chi connectivity index (χ3v) is 6.76. The van der Waals surface area contributed by atoms with Crippen LogP contribution in [0.5, 0.6) is 0 Å². The number of benzene rings is 2. The van der Waals surface area contributed by atoms with Crippen LogP contribution in [0.4, 0.5) is 5.13 Å². The Morgan fingerprint density at radius 3 is 2.64 bits per heavy atom. The van der Waals surface area contributed by atoms with E-state index in [9.17, 15) is 4.79 Å². The molecule has 0 N–H and O–H groups in total. The van der Waals surface area contributed by atoms with Crippen molar-refractivity contribution in [2.45, 2.75) is 46.6 Å². The van der Waals surface area contributed by atoms with Gasteiger partial charge < -0.3 is 4.74 Å². The summed E-state index contributed by atoms with van der Waals surface area (Å²) in [6.07, 6.45) is 2.11. The highest BCUT2D eigenvalue weighted by atomic mass is 32.1. The second-order valence-corrected chi connectivity index (χ2v) is 8.71. The molecule has 1 unspecified atom stereocenters. The van der Waals surface area contributed by atoms with Gasteiger partial charge in [0.05, 0.1) is 22.9 Å². The summed E-state index contributed by atoms with van der Waals surface area (Å²) >= 11 is 1.58. The molecule has 1 aliphatic heterocycles. The number of carbonyl (C=O) groups excluding carboxylic acids is 1. The zero-order chi connectivity index (χ0) is 19.8. The fourth-order valence-corrected chi connectivity index (χ4v) is 4.63. The summed E-state index contributed by atoms with van der Waals surface area (Å²) in [5.74, 6) is -0.00738. The third-order valence-electron chi connectivity index (χ3n) is 5.71. The minimum atomic E-state index is -0.00738. The monoisotopic (exact) mass is 394 g/mol. The fourth-order valence-electron chi connectivity index (χ4n) is 3.60. The van der Waals surface area contributed by atoms with Crippen LogP contribution in [0.15, 0.2) is 30.3 Å². The number of rotatable bonds is 4. The van der Waals surface area contributed by atoms with E-state index < -0.39 is 0 Å². The van der Waals surface area contributed by atoms with Gasteiger partial charge in [0, 0.05) is 12.2 Å². The maximum atomic E-state index is 13.5. The van der Waals surface area contributed by atoms with Crippen molar-refractivity contribution >= 4 is 32.6 Å². The van der Waals surface area contributed by atoms with E-state index in [1.165, 1.54) is 16.7 Å². The summed E-state index contributed by atoms with van der Waals surface area (Å²) < 4.78 is 6.95. The average molecular weight is 395 g/mol. The molecule has 5 heteroatoms. The van der Waals surface area contributed by atoms with Crippen molar-refractivity contribution in [3.63, 3.8) is 0 Å². The Morgan fingerprint density at radius 1 is 1.14 bits per heavy atom. The standard InChI is InChI=1S/C23H26N2O2S/c1-14-7-9-18(12-16(14)3)22(26)25(13-19-6-5-11-27-19)23-24-21-17(4)15(2)8-10-20(21)28-23/h7-10,12,19H,5-6,11,13H2,1-4H3. The van der Waals surface area contributed by atoms with Crippen LogP contribution < -0.4 is 4.90 Å². The van der Waals surface area contributed by atoms with Crippen LogP contribution >= 0.6 is 11.3 Å². The zero-order valence-corrected chi connectivity index (χ0v) is 17.7. The Kier molecular flexibility index (Phi) is 5.21. The molecule has 3 aromatic rings. The predicted octanol–water partition coefficient (Wildman–Crippen LogP) is 5.36. The first-order valence-corrected chi connectivity index (χ1v) is 10.6. The topological polar surface area (TPSA) is 42.4 Å². The summed E-state index contributed by atoms with van der Waals surface area (Å²) in [5, 5.41) is 0.752. The molecular formula is C23H26N2O2S. The van der Waals surface area contributed by atoms with Crippen molar-refractivity contribution in [1.29, 1.82) is 0 Å².